The third-order valence-electron chi connectivity index (χ3n) is 3.33. The Bertz CT molecular complexity index is 504. The van der Waals surface area contributed by atoms with Crippen LogP contribution in [-0.2, 0) is 11.3 Å². The molecule has 1 N–H and O–H groups in total. The number of carbonyl (C=O) groups is 1. The van der Waals surface area contributed by atoms with Crippen LogP contribution in [0.3, 0.4) is 0 Å². The summed E-state index contributed by atoms with van der Waals surface area (Å²) in [5, 5.41) is 8.93. The molecule has 116 valence electrons. The number of rotatable bonds is 5. The maximum atomic E-state index is 12.1. The first kappa shape index (κ1) is 15.6. The summed E-state index contributed by atoms with van der Waals surface area (Å²) in [4.78, 5) is 12.9. The normalized spacial score (nSPS) is 19.7. The number of halogens is 3. The van der Waals surface area contributed by atoms with E-state index in [-0.39, 0.29) is 11.7 Å². The van der Waals surface area contributed by atoms with Crippen molar-refractivity contribution in [2.75, 3.05) is 19.7 Å². The zero-order valence-electron chi connectivity index (χ0n) is 11.3. The molecule has 1 aliphatic rings. The van der Waals surface area contributed by atoms with Gasteiger partial charge in [-0.2, -0.15) is 13.2 Å². The first-order valence-corrected chi connectivity index (χ1v) is 6.57. The summed E-state index contributed by atoms with van der Waals surface area (Å²) < 4.78 is 41.0. The zero-order chi connectivity index (χ0) is 15.5. The Hall–Kier alpha value is -1.76. The molecule has 0 unspecified atom stereocenters. The van der Waals surface area contributed by atoms with E-state index >= 15 is 0 Å². The van der Waals surface area contributed by atoms with Crippen molar-refractivity contribution in [1.82, 2.24) is 4.90 Å². The highest BCUT2D eigenvalue weighted by atomic mass is 19.4. The summed E-state index contributed by atoms with van der Waals surface area (Å²) in [5.41, 5.74) is 0.806. The molecular formula is C14H16F3NO3. The second-order valence-electron chi connectivity index (χ2n) is 5.11. The van der Waals surface area contributed by atoms with E-state index < -0.39 is 18.8 Å². The van der Waals surface area contributed by atoms with Gasteiger partial charge >= 0.3 is 12.1 Å². The molecule has 1 atom stereocenters. The largest absolute Gasteiger partial charge is 0.484 e. The quantitative estimate of drug-likeness (QED) is 0.908. The van der Waals surface area contributed by atoms with Gasteiger partial charge in [-0.25, -0.2) is 0 Å². The Morgan fingerprint density at radius 2 is 2.19 bits per heavy atom. The van der Waals surface area contributed by atoms with Gasteiger partial charge in [-0.15, -0.1) is 0 Å². The fourth-order valence-electron chi connectivity index (χ4n) is 2.33. The standard InChI is InChI=1S/C14H16F3NO3/c15-14(16,17)9-21-12-3-1-2-10(6-12)7-18-5-4-11(8-18)13(19)20/h1-3,6,11H,4-5,7-9H2,(H,19,20)/t11-/m0/s1. The van der Waals surface area contributed by atoms with E-state index in [4.69, 9.17) is 9.84 Å². The van der Waals surface area contributed by atoms with Crippen molar-refractivity contribution in [3.05, 3.63) is 29.8 Å². The molecule has 21 heavy (non-hydrogen) atoms. The van der Waals surface area contributed by atoms with Crippen LogP contribution in [0.4, 0.5) is 13.2 Å². The van der Waals surface area contributed by atoms with Crippen LogP contribution in [0.1, 0.15) is 12.0 Å². The molecule has 0 saturated carbocycles. The molecule has 1 aromatic carbocycles. The first-order valence-electron chi connectivity index (χ1n) is 6.57. The van der Waals surface area contributed by atoms with Crippen molar-refractivity contribution in [1.29, 1.82) is 0 Å². The number of likely N-dealkylation sites (tertiary alicyclic amines) is 1. The number of benzene rings is 1. The fraction of sp³-hybridized carbons (Fsp3) is 0.500. The molecule has 0 aliphatic carbocycles. The molecule has 0 spiro atoms. The first-order chi connectivity index (χ1) is 9.83. The predicted octanol–water partition coefficient (Wildman–Crippen LogP) is 2.53. The van der Waals surface area contributed by atoms with Crippen LogP contribution in [0.2, 0.25) is 0 Å². The summed E-state index contributed by atoms with van der Waals surface area (Å²) in [6.45, 7) is 0.321. The van der Waals surface area contributed by atoms with Crippen LogP contribution in [0.25, 0.3) is 0 Å². The third kappa shape index (κ3) is 4.93. The summed E-state index contributed by atoms with van der Waals surface area (Å²) in [6, 6.07) is 6.44. The van der Waals surface area contributed by atoms with Gasteiger partial charge in [0.15, 0.2) is 6.61 Å². The lowest BCUT2D eigenvalue weighted by Gasteiger charge is -2.16. The fourth-order valence-corrected chi connectivity index (χ4v) is 2.33. The molecule has 1 saturated heterocycles. The molecule has 1 heterocycles. The molecule has 1 fully saturated rings. The van der Waals surface area contributed by atoms with E-state index in [1.165, 1.54) is 6.07 Å². The van der Waals surface area contributed by atoms with E-state index in [0.29, 0.717) is 26.1 Å². The summed E-state index contributed by atoms with van der Waals surface area (Å²) >= 11 is 0. The molecule has 0 bridgehead atoms. The Kier molecular flexibility index (Phi) is 4.72. The highest BCUT2D eigenvalue weighted by molar-refractivity contribution is 5.70. The van der Waals surface area contributed by atoms with Gasteiger partial charge in [0, 0.05) is 13.1 Å². The second-order valence-corrected chi connectivity index (χ2v) is 5.11. The van der Waals surface area contributed by atoms with Gasteiger partial charge in [0.1, 0.15) is 5.75 Å². The molecular weight excluding hydrogens is 287 g/mol. The predicted molar refractivity (Wildman–Crippen MR) is 69.0 cm³/mol. The van der Waals surface area contributed by atoms with Gasteiger partial charge in [0.05, 0.1) is 5.92 Å². The molecule has 7 heteroatoms. The average molecular weight is 303 g/mol. The van der Waals surface area contributed by atoms with Crippen molar-refractivity contribution in [2.45, 2.75) is 19.1 Å². The maximum Gasteiger partial charge on any atom is 0.422 e. The Morgan fingerprint density at radius 1 is 1.43 bits per heavy atom. The molecule has 4 nitrogen and oxygen atoms in total. The van der Waals surface area contributed by atoms with Crippen molar-refractivity contribution in [3.8, 4) is 5.75 Å². The summed E-state index contributed by atoms with van der Waals surface area (Å²) in [7, 11) is 0. The van der Waals surface area contributed by atoms with Gasteiger partial charge in [-0.1, -0.05) is 12.1 Å². The van der Waals surface area contributed by atoms with Crippen LogP contribution in [0.5, 0.6) is 5.75 Å². The van der Waals surface area contributed by atoms with Crippen molar-refractivity contribution in [3.63, 3.8) is 0 Å². The lowest BCUT2D eigenvalue weighted by Crippen LogP contribution is -2.23. The number of carboxylic acid groups (broad SMARTS) is 1. The Morgan fingerprint density at radius 3 is 2.81 bits per heavy atom. The Balaban J connectivity index is 1.91. The minimum atomic E-state index is -4.36. The molecule has 0 amide bonds. The van der Waals surface area contributed by atoms with Gasteiger partial charge in [-0.05, 0) is 30.7 Å². The van der Waals surface area contributed by atoms with Gasteiger partial charge in [-0.3, -0.25) is 9.69 Å². The number of ether oxygens (including phenoxy) is 1. The highest BCUT2D eigenvalue weighted by Gasteiger charge is 2.29. The zero-order valence-corrected chi connectivity index (χ0v) is 11.3. The van der Waals surface area contributed by atoms with Crippen molar-refractivity contribution in [2.24, 2.45) is 5.92 Å². The number of hydrogen-bond donors (Lipinski definition) is 1. The topological polar surface area (TPSA) is 49.8 Å². The average Bonchev–Trinajstić information content (AvgIpc) is 2.85. The molecule has 1 aromatic rings. The molecule has 2 rings (SSSR count). The SMILES string of the molecule is O=C(O)[C@H]1CCN(Cc2cccc(OCC(F)(F)F)c2)C1. The van der Waals surface area contributed by atoms with Crippen LogP contribution in [0, 0.1) is 5.92 Å². The maximum absolute atomic E-state index is 12.1. The monoisotopic (exact) mass is 303 g/mol. The molecule has 1 aliphatic heterocycles. The lowest BCUT2D eigenvalue weighted by molar-refractivity contribution is -0.153. The van der Waals surface area contributed by atoms with E-state index in [1.54, 1.807) is 18.2 Å². The summed E-state index contributed by atoms with van der Waals surface area (Å²) in [6.07, 6.45) is -3.76. The Labute approximate surface area is 120 Å². The highest BCUT2D eigenvalue weighted by Crippen LogP contribution is 2.22. The third-order valence-corrected chi connectivity index (χ3v) is 3.33. The number of hydrogen-bond acceptors (Lipinski definition) is 3. The summed E-state index contributed by atoms with van der Waals surface area (Å²) in [5.74, 6) is -1.01. The van der Waals surface area contributed by atoms with E-state index in [9.17, 15) is 18.0 Å². The molecule has 0 radical (unpaired) electrons. The second kappa shape index (κ2) is 6.34. The van der Waals surface area contributed by atoms with Crippen molar-refractivity contribution < 1.29 is 27.8 Å². The van der Waals surface area contributed by atoms with E-state index in [1.807, 2.05) is 4.90 Å². The number of alkyl halides is 3. The van der Waals surface area contributed by atoms with Gasteiger partial charge < -0.3 is 9.84 Å². The number of aliphatic carboxylic acids is 1. The smallest absolute Gasteiger partial charge is 0.422 e. The van der Waals surface area contributed by atoms with Crippen LogP contribution in [-0.4, -0.2) is 41.8 Å². The minimum Gasteiger partial charge on any atom is -0.484 e. The van der Waals surface area contributed by atoms with E-state index in [2.05, 4.69) is 0 Å². The van der Waals surface area contributed by atoms with Crippen LogP contribution in [0.15, 0.2) is 24.3 Å². The van der Waals surface area contributed by atoms with E-state index in [0.717, 1.165) is 5.56 Å². The lowest BCUT2D eigenvalue weighted by atomic mass is 10.1. The van der Waals surface area contributed by atoms with Gasteiger partial charge in [0.2, 0.25) is 0 Å². The minimum absolute atomic E-state index is 0.166. The van der Waals surface area contributed by atoms with Crippen LogP contribution >= 0.6 is 0 Å². The number of carboxylic acids is 1. The van der Waals surface area contributed by atoms with Gasteiger partial charge in [0.25, 0.3) is 0 Å². The molecule has 0 aromatic heterocycles. The number of nitrogens with zero attached hydrogens (tertiary/aromatic N) is 1. The van der Waals surface area contributed by atoms with Crippen molar-refractivity contribution >= 4 is 5.97 Å². The van der Waals surface area contributed by atoms with Crippen LogP contribution < -0.4 is 4.74 Å².